The summed E-state index contributed by atoms with van der Waals surface area (Å²) in [7, 11) is 0. The molecule has 8 nitrogen and oxygen atoms in total. The standard InChI is InChI=1S/C21H21N5O3S/c1-3-11-25-19(13-16-7-5-4-6-8-16)23-24-21(25)30-14-20(27)22-18-10-9-17(26(28)29)12-15(18)2/h3-10,12H,1,11,13-14H2,2H3,(H,22,27). The predicted molar refractivity (Wildman–Crippen MR) is 117 cm³/mol. The summed E-state index contributed by atoms with van der Waals surface area (Å²) >= 11 is 1.28. The van der Waals surface area contributed by atoms with Gasteiger partial charge in [0.05, 0.1) is 10.7 Å². The van der Waals surface area contributed by atoms with E-state index in [0.29, 0.717) is 29.4 Å². The molecule has 3 aromatic rings. The fourth-order valence-electron chi connectivity index (χ4n) is 2.87. The Labute approximate surface area is 178 Å². The summed E-state index contributed by atoms with van der Waals surface area (Å²) in [6.07, 6.45) is 2.40. The lowest BCUT2D eigenvalue weighted by Gasteiger charge is -2.09. The zero-order chi connectivity index (χ0) is 21.5. The van der Waals surface area contributed by atoms with Crippen molar-refractivity contribution in [3.8, 4) is 0 Å². The van der Waals surface area contributed by atoms with E-state index in [2.05, 4.69) is 22.1 Å². The predicted octanol–water partition coefficient (Wildman–Crippen LogP) is 4.00. The number of allylic oxidation sites excluding steroid dienone is 1. The van der Waals surface area contributed by atoms with E-state index < -0.39 is 4.92 Å². The number of aromatic nitrogens is 3. The van der Waals surface area contributed by atoms with Crippen molar-refractivity contribution in [2.24, 2.45) is 0 Å². The molecule has 1 heterocycles. The first-order chi connectivity index (χ1) is 14.5. The van der Waals surface area contributed by atoms with Gasteiger partial charge in [0.1, 0.15) is 5.82 Å². The normalized spacial score (nSPS) is 10.6. The molecule has 2 aromatic carbocycles. The highest BCUT2D eigenvalue weighted by Crippen LogP contribution is 2.23. The highest BCUT2D eigenvalue weighted by atomic mass is 32.2. The Morgan fingerprint density at radius 1 is 1.27 bits per heavy atom. The van der Waals surface area contributed by atoms with Gasteiger partial charge >= 0.3 is 0 Å². The summed E-state index contributed by atoms with van der Waals surface area (Å²) in [5, 5.41) is 22.8. The summed E-state index contributed by atoms with van der Waals surface area (Å²) in [5.41, 5.74) is 2.28. The molecule has 0 aliphatic heterocycles. The summed E-state index contributed by atoms with van der Waals surface area (Å²) in [5.74, 6) is 0.710. The zero-order valence-electron chi connectivity index (χ0n) is 16.4. The smallest absolute Gasteiger partial charge is 0.269 e. The van der Waals surface area contributed by atoms with E-state index in [-0.39, 0.29) is 17.3 Å². The van der Waals surface area contributed by atoms with E-state index in [4.69, 9.17) is 0 Å². The third-order valence-electron chi connectivity index (χ3n) is 4.34. The number of benzene rings is 2. The van der Waals surface area contributed by atoms with Crippen molar-refractivity contribution in [3.05, 3.63) is 88.3 Å². The molecule has 0 atom stereocenters. The van der Waals surface area contributed by atoms with Gasteiger partial charge in [-0.15, -0.1) is 16.8 Å². The van der Waals surface area contributed by atoms with Gasteiger partial charge in [0.15, 0.2) is 5.16 Å². The molecule has 1 amide bonds. The Hall–Kier alpha value is -3.46. The lowest BCUT2D eigenvalue weighted by atomic mass is 10.1. The Kier molecular flexibility index (Phi) is 6.97. The Bertz CT molecular complexity index is 1070. The van der Waals surface area contributed by atoms with E-state index in [0.717, 1.165) is 11.4 Å². The molecule has 1 N–H and O–H groups in total. The van der Waals surface area contributed by atoms with Gasteiger partial charge in [-0.25, -0.2) is 0 Å². The fourth-order valence-corrected chi connectivity index (χ4v) is 3.63. The molecular weight excluding hydrogens is 402 g/mol. The minimum Gasteiger partial charge on any atom is -0.325 e. The van der Waals surface area contributed by atoms with E-state index in [1.165, 1.54) is 30.0 Å². The number of non-ortho nitro benzene ring substituents is 1. The summed E-state index contributed by atoms with van der Waals surface area (Å²) in [6.45, 7) is 6.05. The van der Waals surface area contributed by atoms with Crippen LogP contribution in [0.2, 0.25) is 0 Å². The molecule has 1 aromatic heterocycles. The molecule has 0 unspecified atom stereocenters. The molecule has 0 fully saturated rings. The van der Waals surface area contributed by atoms with Crippen LogP contribution in [0.5, 0.6) is 0 Å². The second kappa shape index (κ2) is 9.84. The maximum atomic E-state index is 12.4. The van der Waals surface area contributed by atoms with Gasteiger partial charge in [0, 0.05) is 30.8 Å². The van der Waals surface area contributed by atoms with Crippen molar-refractivity contribution in [1.29, 1.82) is 0 Å². The summed E-state index contributed by atoms with van der Waals surface area (Å²) in [4.78, 5) is 22.8. The minimum absolute atomic E-state index is 0.0108. The highest BCUT2D eigenvalue weighted by Gasteiger charge is 2.15. The summed E-state index contributed by atoms with van der Waals surface area (Å²) < 4.78 is 1.94. The topological polar surface area (TPSA) is 103 Å². The highest BCUT2D eigenvalue weighted by molar-refractivity contribution is 7.99. The molecule has 0 aliphatic carbocycles. The van der Waals surface area contributed by atoms with Crippen LogP contribution in [-0.2, 0) is 17.8 Å². The molecule has 3 rings (SSSR count). The van der Waals surface area contributed by atoms with E-state index in [1.807, 2.05) is 34.9 Å². The number of hydrogen-bond acceptors (Lipinski definition) is 6. The van der Waals surface area contributed by atoms with Gasteiger partial charge in [-0.2, -0.15) is 0 Å². The van der Waals surface area contributed by atoms with Crippen LogP contribution in [0, 0.1) is 17.0 Å². The zero-order valence-corrected chi connectivity index (χ0v) is 17.3. The van der Waals surface area contributed by atoms with Gasteiger partial charge in [-0.1, -0.05) is 48.2 Å². The molecule has 30 heavy (non-hydrogen) atoms. The van der Waals surface area contributed by atoms with Crippen LogP contribution in [0.3, 0.4) is 0 Å². The minimum atomic E-state index is -0.464. The average molecular weight is 423 g/mol. The van der Waals surface area contributed by atoms with Crippen molar-refractivity contribution in [3.63, 3.8) is 0 Å². The molecule has 0 bridgehead atoms. The molecule has 0 saturated heterocycles. The first kappa shape index (κ1) is 21.3. The first-order valence-corrected chi connectivity index (χ1v) is 10.2. The number of carbonyl (C=O) groups is 1. The maximum absolute atomic E-state index is 12.4. The Morgan fingerprint density at radius 3 is 2.70 bits per heavy atom. The first-order valence-electron chi connectivity index (χ1n) is 9.22. The Morgan fingerprint density at radius 2 is 2.03 bits per heavy atom. The molecule has 0 aliphatic rings. The fraction of sp³-hybridized carbons (Fsp3) is 0.190. The van der Waals surface area contributed by atoms with Crippen LogP contribution in [0.25, 0.3) is 0 Å². The van der Waals surface area contributed by atoms with E-state index in [1.54, 1.807) is 13.0 Å². The van der Waals surface area contributed by atoms with E-state index in [9.17, 15) is 14.9 Å². The van der Waals surface area contributed by atoms with Crippen LogP contribution < -0.4 is 5.32 Å². The lowest BCUT2D eigenvalue weighted by Crippen LogP contribution is -2.15. The molecule has 9 heteroatoms. The number of amides is 1. The van der Waals surface area contributed by atoms with Crippen LogP contribution in [-0.4, -0.2) is 31.3 Å². The van der Waals surface area contributed by atoms with Gasteiger partial charge in [0.2, 0.25) is 5.91 Å². The van der Waals surface area contributed by atoms with Crippen LogP contribution in [0.4, 0.5) is 11.4 Å². The largest absolute Gasteiger partial charge is 0.325 e. The quantitative estimate of drug-likeness (QED) is 0.241. The van der Waals surface area contributed by atoms with Gasteiger partial charge in [-0.05, 0) is 24.1 Å². The maximum Gasteiger partial charge on any atom is 0.269 e. The van der Waals surface area contributed by atoms with Crippen molar-refractivity contribution in [1.82, 2.24) is 14.8 Å². The number of rotatable bonds is 9. The molecule has 0 saturated carbocycles. The van der Waals surface area contributed by atoms with Crippen LogP contribution in [0.1, 0.15) is 17.0 Å². The Balaban J connectivity index is 1.65. The molecular formula is C21H21N5O3S. The van der Waals surface area contributed by atoms with Crippen LogP contribution >= 0.6 is 11.8 Å². The van der Waals surface area contributed by atoms with Gasteiger partial charge in [0.25, 0.3) is 5.69 Å². The third kappa shape index (κ3) is 5.32. The number of carbonyl (C=O) groups excluding carboxylic acids is 1. The molecule has 0 radical (unpaired) electrons. The number of thioether (sulfide) groups is 1. The van der Waals surface area contributed by atoms with E-state index >= 15 is 0 Å². The monoisotopic (exact) mass is 423 g/mol. The average Bonchev–Trinajstić information content (AvgIpc) is 3.10. The van der Waals surface area contributed by atoms with Gasteiger partial charge in [-0.3, -0.25) is 14.9 Å². The number of anilines is 1. The van der Waals surface area contributed by atoms with Crippen molar-refractivity contribution in [2.75, 3.05) is 11.1 Å². The van der Waals surface area contributed by atoms with Gasteiger partial charge < -0.3 is 9.88 Å². The lowest BCUT2D eigenvalue weighted by molar-refractivity contribution is -0.384. The SMILES string of the molecule is C=CCn1c(Cc2ccccc2)nnc1SCC(=O)Nc1ccc([N+](=O)[O-])cc1C. The number of hydrogen-bond donors (Lipinski definition) is 1. The molecule has 154 valence electrons. The second-order valence-corrected chi connectivity index (χ2v) is 7.50. The van der Waals surface area contributed by atoms with Crippen LogP contribution in [0.15, 0.2) is 66.3 Å². The number of aryl methyl sites for hydroxylation is 1. The molecule has 0 spiro atoms. The number of nitrogens with one attached hydrogen (secondary N) is 1. The third-order valence-corrected chi connectivity index (χ3v) is 5.30. The van der Waals surface area contributed by atoms with Crippen molar-refractivity contribution in [2.45, 2.75) is 25.0 Å². The number of nitrogens with zero attached hydrogens (tertiary/aromatic N) is 4. The number of nitro groups is 1. The van der Waals surface area contributed by atoms with Crippen molar-refractivity contribution < 1.29 is 9.72 Å². The summed E-state index contributed by atoms with van der Waals surface area (Å²) in [6, 6.07) is 14.3. The number of nitro benzene ring substituents is 1. The second-order valence-electron chi connectivity index (χ2n) is 6.55. The van der Waals surface area contributed by atoms with Crippen molar-refractivity contribution >= 4 is 29.0 Å².